The summed E-state index contributed by atoms with van der Waals surface area (Å²) in [6, 6.07) is 0.977. The van der Waals surface area contributed by atoms with Gasteiger partial charge in [0.05, 0.1) is 18.9 Å². The van der Waals surface area contributed by atoms with Gasteiger partial charge in [-0.2, -0.15) is 0 Å². The topological polar surface area (TPSA) is 48.7 Å². The summed E-state index contributed by atoms with van der Waals surface area (Å²) in [5, 5.41) is 3.53. The van der Waals surface area contributed by atoms with Crippen molar-refractivity contribution in [3.8, 4) is 0 Å². The molecule has 6 nitrogen and oxygen atoms in total. The smallest absolute Gasteiger partial charge is 0.194 e. The predicted octanol–water partition coefficient (Wildman–Crippen LogP) is 3.47. The Morgan fingerprint density at radius 3 is 2.61 bits per heavy atom. The van der Waals surface area contributed by atoms with Crippen LogP contribution in [0.15, 0.2) is 23.7 Å². The minimum absolute atomic E-state index is 0. The molecule has 1 aromatic heterocycles. The molecule has 0 bridgehead atoms. The van der Waals surface area contributed by atoms with E-state index in [0.29, 0.717) is 18.0 Å². The van der Waals surface area contributed by atoms with E-state index in [4.69, 9.17) is 4.99 Å². The minimum Gasteiger partial charge on any atom is -0.357 e. The maximum Gasteiger partial charge on any atom is 0.194 e. The predicted molar refractivity (Wildman–Crippen MR) is 127 cm³/mol. The summed E-state index contributed by atoms with van der Waals surface area (Å²) >= 11 is 0. The molecule has 2 aliphatic rings. The summed E-state index contributed by atoms with van der Waals surface area (Å²) in [5.41, 5.74) is 0. The molecule has 2 fully saturated rings. The van der Waals surface area contributed by atoms with Crippen molar-refractivity contribution in [2.45, 2.75) is 59.0 Å². The van der Waals surface area contributed by atoms with Gasteiger partial charge in [0.1, 0.15) is 0 Å². The van der Waals surface area contributed by atoms with Gasteiger partial charge in [-0.1, -0.05) is 13.8 Å². The number of guanidine groups is 1. The fourth-order valence-electron chi connectivity index (χ4n) is 4.32. The zero-order valence-corrected chi connectivity index (χ0v) is 20.4. The Kier molecular flexibility index (Phi) is 9.53. The van der Waals surface area contributed by atoms with Gasteiger partial charge in [0.2, 0.25) is 0 Å². The number of rotatable bonds is 5. The Balaban J connectivity index is 0.00000280. The molecule has 0 spiro atoms. The van der Waals surface area contributed by atoms with Crippen LogP contribution in [0.25, 0.3) is 0 Å². The highest BCUT2D eigenvalue weighted by molar-refractivity contribution is 14.0. The average molecular weight is 502 g/mol. The lowest BCUT2D eigenvalue weighted by Gasteiger charge is -2.39. The lowest BCUT2D eigenvalue weighted by atomic mass is 9.93. The molecule has 1 aromatic rings. The third-order valence-electron chi connectivity index (χ3n) is 6.41. The molecule has 3 heterocycles. The molecule has 0 saturated carbocycles. The van der Waals surface area contributed by atoms with Crippen molar-refractivity contribution < 1.29 is 0 Å². The van der Waals surface area contributed by atoms with Crippen LogP contribution in [0.2, 0.25) is 0 Å². The lowest BCUT2D eigenvalue weighted by Crippen LogP contribution is -2.49. The molecule has 3 atom stereocenters. The Morgan fingerprint density at radius 1 is 1.21 bits per heavy atom. The van der Waals surface area contributed by atoms with Crippen LogP contribution >= 0.6 is 24.0 Å². The molecule has 0 radical (unpaired) electrons. The number of nitrogens with one attached hydrogen (secondary N) is 1. The first-order valence-corrected chi connectivity index (χ1v) is 10.8. The molecule has 7 heteroatoms. The quantitative estimate of drug-likeness (QED) is 0.381. The molecule has 2 saturated heterocycles. The molecule has 2 aliphatic heterocycles. The third-order valence-corrected chi connectivity index (χ3v) is 6.41. The highest BCUT2D eigenvalue weighted by Crippen LogP contribution is 2.27. The maximum atomic E-state index is 5.04. The van der Waals surface area contributed by atoms with Crippen LogP contribution < -0.4 is 5.32 Å². The van der Waals surface area contributed by atoms with Gasteiger partial charge in [-0.05, 0) is 58.0 Å². The van der Waals surface area contributed by atoms with Gasteiger partial charge in [0, 0.05) is 38.1 Å². The summed E-state index contributed by atoms with van der Waals surface area (Å²) in [6.07, 6.45) is 9.76. The van der Waals surface area contributed by atoms with E-state index in [1.165, 1.54) is 32.4 Å². The van der Waals surface area contributed by atoms with Crippen molar-refractivity contribution in [1.82, 2.24) is 24.7 Å². The average Bonchev–Trinajstić information content (AvgIpc) is 3.20. The second-order valence-corrected chi connectivity index (χ2v) is 8.55. The van der Waals surface area contributed by atoms with Gasteiger partial charge in [-0.25, -0.2) is 4.98 Å². The second kappa shape index (κ2) is 11.4. The second-order valence-electron chi connectivity index (χ2n) is 8.55. The number of imidazole rings is 1. The number of aliphatic imine (C=N–C) groups is 1. The van der Waals surface area contributed by atoms with E-state index in [9.17, 15) is 0 Å². The van der Waals surface area contributed by atoms with Crippen LogP contribution in [-0.4, -0.2) is 70.6 Å². The first-order chi connectivity index (χ1) is 13.1. The fourth-order valence-corrected chi connectivity index (χ4v) is 4.32. The maximum absolute atomic E-state index is 5.04. The largest absolute Gasteiger partial charge is 0.357 e. The summed E-state index contributed by atoms with van der Waals surface area (Å²) in [4.78, 5) is 14.3. The zero-order chi connectivity index (χ0) is 19.2. The molecule has 0 aromatic carbocycles. The van der Waals surface area contributed by atoms with E-state index >= 15 is 0 Å². The molecule has 1 N–H and O–H groups in total. The van der Waals surface area contributed by atoms with Crippen molar-refractivity contribution in [3.63, 3.8) is 0 Å². The first kappa shape index (κ1) is 23.4. The summed E-state index contributed by atoms with van der Waals surface area (Å²) in [6.45, 7) is 15.5. The summed E-state index contributed by atoms with van der Waals surface area (Å²) < 4.78 is 2.26. The van der Waals surface area contributed by atoms with E-state index < -0.39 is 0 Å². The Morgan fingerprint density at radius 2 is 1.96 bits per heavy atom. The van der Waals surface area contributed by atoms with E-state index in [0.717, 1.165) is 38.1 Å². The molecule has 3 rings (SSSR count). The van der Waals surface area contributed by atoms with Gasteiger partial charge in [0.25, 0.3) is 0 Å². The number of halogens is 1. The van der Waals surface area contributed by atoms with E-state index in [2.05, 4.69) is 58.6 Å². The summed E-state index contributed by atoms with van der Waals surface area (Å²) in [7, 11) is 0. The van der Waals surface area contributed by atoms with Gasteiger partial charge >= 0.3 is 0 Å². The molecule has 160 valence electrons. The number of piperidine rings is 2. The number of nitrogens with zero attached hydrogens (tertiary/aromatic N) is 5. The van der Waals surface area contributed by atoms with Crippen molar-refractivity contribution >= 4 is 29.9 Å². The number of hydrogen-bond acceptors (Lipinski definition) is 3. The number of hydrogen-bond donors (Lipinski definition) is 1. The van der Waals surface area contributed by atoms with Crippen molar-refractivity contribution in [3.05, 3.63) is 18.7 Å². The standard InChI is InChI=1S/C21H38N6.HI/c1-5-23-21(24-14-19(4)25-10-6-17(2)7-11-25)26-12-8-18(3)20(15-26)27-13-9-22-16-27;/h9,13,16-20H,5-8,10-12,14-15H2,1-4H3,(H,23,24);1H. The van der Waals surface area contributed by atoms with Crippen molar-refractivity contribution in [2.24, 2.45) is 16.8 Å². The van der Waals surface area contributed by atoms with Gasteiger partial charge < -0.3 is 14.8 Å². The van der Waals surface area contributed by atoms with Crippen LogP contribution in [0, 0.1) is 11.8 Å². The molecule has 0 amide bonds. The molecule has 28 heavy (non-hydrogen) atoms. The Labute approximate surface area is 188 Å². The molecular weight excluding hydrogens is 463 g/mol. The van der Waals surface area contributed by atoms with Crippen molar-refractivity contribution in [1.29, 1.82) is 0 Å². The van der Waals surface area contributed by atoms with Crippen LogP contribution in [0.1, 0.15) is 53.0 Å². The first-order valence-electron chi connectivity index (χ1n) is 10.8. The highest BCUT2D eigenvalue weighted by atomic mass is 127. The normalized spacial score (nSPS) is 26.0. The SMILES string of the molecule is CCNC(=NCC(C)N1CCC(C)CC1)N1CCC(C)C(n2ccnc2)C1.I. The number of likely N-dealkylation sites (tertiary alicyclic amines) is 2. The number of aromatic nitrogens is 2. The molecule has 3 unspecified atom stereocenters. The van der Waals surface area contributed by atoms with Crippen LogP contribution in [0.5, 0.6) is 0 Å². The van der Waals surface area contributed by atoms with E-state index in [1.807, 2.05) is 12.5 Å². The minimum atomic E-state index is 0. The fraction of sp³-hybridized carbons (Fsp3) is 0.810. The summed E-state index contributed by atoms with van der Waals surface area (Å²) in [5.74, 6) is 2.61. The Hall–Kier alpha value is -0.830. The Bertz CT molecular complexity index is 582. The van der Waals surface area contributed by atoms with Gasteiger partial charge in [0.15, 0.2) is 5.96 Å². The van der Waals surface area contributed by atoms with E-state index in [1.54, 1.807) is 0 Å². The lowest BCUT2D eigenvalue weighted by molar-refractivity contribution is 0.149. The zero-order valence-electron chi connectivity index (χ0n) is 18.0. The van der Waals surface area contributed by atoms with Crippen molar-refractivity contribution in [2.75, 3.05) is 39.3 Å². The molecular formula is C21H39IN6. The monoisotopic (exact) mass is 502 g/mol. The van der Waals surface area contributed by atoms with Crippen LogP contribution in [0.3, 0.4) is 0 Å². The van der Waals surface area contributed by atoms with Crippen LogP contribution in [0.4, 0.5) is 0 Å². The third kappa shape index (κ3) is 6.08. The highest BCUT2D eigenvalue weighted by Gasteiger charge is 2.29. The van der Waals surface area contributed by atoms with Gasteiger partial charge in [-0.3, -0.25) is 9.89 Å². The molecule has 0 aliphatic carbocycles. The van der Waals surface area contributed by atoms with E-state index in [-0.39, 0.29) is 24.0 Å². The van der Waals surface area contributed by atoms with Gasteiger partial charge in [-0.15, -0.1) is 24.0 Å². The van der Waals surface area contributed by atoms with Crippen LogP contribution in [-0.2, 0) is 0 Å².